The summed E-state index contributed by atoms with van der Waals surface area (Å²) in [6.07, 6.45) is 4.03. The van der Waals surface area contributed by atoms with Gasteiger partial charge in [0.1, 0.15) is 5.69 Å². The maximum absolute atomic E-state index is 4.60. The van der Waals surface area contributed by atoms with Gasteiger partial charge >= 0.3 is 0 Å². The normalized spacial score (nSPS) is 10.9. The molecule has 0 aliphatic rings. The van der Waals surface area contributed by atoms with Crippen molar-refractivity contribution in [1.82, 2.24) is 14.4 Å². The van der Waals surface area contributed by atoms with E-state index in [0.717, 1.165) is 28.3 Å². The molecule has 0 unspecified atom stereocenters. The SMILES string of the molecule is Cc1cn2cc(C)nc2c(-c2ccccc2)n1. The van der Waals surface area contributed by atoms with Crippen molar-refractivity contribution in [2.45, 2.75) is 13.8 Å². The Morgan fingerprint density at radius 3 is 2.24 bits per heavy atom. The Morgan fingerprint density at radius 1 is 0.882 bits per heavy atom. The molecule has 0 saturated heterocycles. The summed E-state index contributed by atoms with van der Waals surface area (Å²) < 4.78 is 2.04. The zero-order chi connectivity index (χ0) is 11.8. The van der Waals surface area contributed by atoms with E-state index in [2.05, 4.69) is 22.1 Å². The van der Waals surface area contributed by atoms with Gasteiger partial charge in [-0.1, -0.05) is 30.3 Å². The van der Waals surface area contributed by atoms with Crippen LogP contribution in [0.2, 0.25) is 0 Å². The molecule has 0 radical (unpaired) electrons. The lowest BCUT2D eigenvalue weighted by Gasteiger charge is -2.04. The Labute approximate surface area is 99.8 Å². The van der Waals surface area contributed by atoms with Gasteiger partial charge in [0.05, 0.1) is 11.4 Å². The minimum absolute atomic E-state index is 0.916. The Balaban J connectivity index is 2.35. The van der Waals surface area contributed by atoms with E-state index < -0.39 is 0 Å². The van der Waals surface area contributed by atoms with Crippen LogP contribution >= 0.6 is 0 Å². The van der Waals surface area contributed by atoms with Crippen LogP contribution in [0, 0.1) is 13.8 Å². The molecule has 0 bridgehead atoms. The summed E-state index contributed by atoms with van der Waals surface area (Å²) in [6.45, 7) is 4.00. The Bertz CT molecular complexity index is 669. The molecule has 1 aromatic carbocycles. The zero-order valence-electron chi connectivity index (χ0n) is 9.88. The molecule has 0 aliphatic carbocycles. The molecule has 0 fully saturated rings. The number of aryl methyl sites for hydroxylation is 2. The van der Waals surface area contributed by atoms with Gasteiger partial charge < -0.3 is 4.40 Å². The molecule has 3 rings (SSSR count). The van der Waals surface area contributed by atoms with Gasteiger partial charge in [0.2, 0.25) is 0 Å². The van der Waals surface area contributed by atoms with Gasteiger partial charge in [-0.05, 0) is 13.8 Å². The van der Waals surface area contributed by atoms with Crippen molar-refractivity contribution in [3.8, 4) is 11.3 Å². The smallest absolute Gasteiger partial charge is 0.163 e. The fraction of sp³-hybridized carbons (Fsp3) is 0.143. The second kappa shape index (κ2) is 3.70. The predicted molar refractivity (Wildman–Crippen MR) is 67.9 cm³/mol. The standard InChI is InChI=1S/C14H13N3/c1-10-8-17-9-11(2)16-14(17)13(15-10)12-6-4-3-5-7-12/h3-9H,1-2H3. The lowest BCUT2D eigenvalue weighted by Crippen LogP contribution is -1.94. The lowest BCUT2D eigenvalue weighted by atomic mass is 10.1. The van der Waals surface area contributed by atoms with Gasteiger partial charge in [-0.3, -0.25) is 0 Å². The van der Waals surface area contributed by atoms with Crippen molar-refractivity contribution >= 4 is 5.65 Å². The van der Waals surface area contributed by atoms with Crippen LogP contribution in [0.4, 0.5) is 0 Å². The van der Waals surface area contributed by atoms with E-state index >= 15 is 0 Å². The van der Waals surface area contributed by atoms with E-state index in [1.54, 1.807) is 0 Å². The third-order valence-electron chi connectivity index (χ3n) is 2.73. The predicted octanol–water partition coefficient (Wildman–Crippen LogP) is 3.01. The van der Waals surface area contributed by atoms with Crippen molar-refractivity contribution < 1.29 is 0 Å². The fourth-order valence-corrected chi connectivity index (χ4v) is 2.04. The average Bonchev–Trinajstić information content (AvgIpc) is 2.69. The van der Waals surface area contributed by atoms with Gasteiger partial charge in [-0.2, -0.15) is 0 Å². The van der Waals surface area contributed by atoms with Crippen LogP contribution < -0.4 is 0 Å². The molecule has 0 saturated carbocycles. The fourth-order valence-electron chi connectivity index (χ4n) is 2.04. The highest BCUT2D eigenvalue weighted by Crippen LogP contribution is 2.22. The summed E-state index contributed by atoms with van der Waals surface area (Å²) in [5, 5.41) is 0. The summed E-state index contributed by atoms with van der Waals surface area (Å²) in [5.74, 6) is 0. The molecule has 17 heavy (non-hydrogen) atoms. The number of nitrogens with zero attached hydrogens (tertiary/aromatic N) is 3. The molecule has 0 amide bonds. The third-order valence-corrected chi connectivity index (χ3v) is 2.73. The van der Waals surface area contributed by atoms with E-state index in [0.29, 0.717) is 0 Å². The minimum Gasteiger partial charge on any atom is -0.303 e. The highest BCUT2D eigenvalue weighted by atomic mass is 15.0. The molecule has 3 aromatic rings. The number of fused-ring (bicyclic) bond motifs is 1. The Hall–Kier alpha value is -2.16. The molecule has 2 aromatic heterocycles. The van der Waals surface area contributed by atoms with Gasteiger partial charge in [-0.15, -0.1) is 0 Å². The Morgan fingerprint density at radius 2 is 1.53 bits per heavy atom. The van der Waals surface area contributed by atoms with E-state index in [1.165, 1.54) is 0 Å². The number of benzene rings is 1. The van der Waals surface area contributed by atoms with Crippen molar-refractivity contribution in [2.75, 3.05) is 0 Å². The topological polar surface area (TPSA) is 30.2 Å². The van der Waals surface area contributed by atoms with Crippen LogP contribution in [0.15, 0.2) is 42.7 Å². The first-order valence-electron chi connectivity index (χ1n) is 5.62. The summed E-state index contributed by atoms with van der Waals surface area (Å²) in [6, 6.07) is 10.2. The monoisotopic (exact) mass is 223 g/mol. The maximum Gasteiger partial charge on any atom is 0.163 e. The second-order valence-electron chi connectivity index (χ2n) is 4.21. The molecule has 2 heterocycles. The lowest BCUT2D eigenvalue weighted by molar-refractivity contribution is 1.07. The van der Waals surface area contributed by atoms with Gasteiger partial charge in [0, 0.05) is 18.0 Å². The van der Waals surface area contributed by atoms with Crippen LogP contribution in [0.3, 0.4) is 0 Å². The van der Waals surface area contributed by atoms with Gasteiger partial charge in [0.25, 0.3) is 0 Å². The van der Waals surface area contributed by atoms with Crippen LogP contribution in [-0.4, -0.2) is 14.4 Å². The quantitative estimate of drug-likeness (QED) is 0.634. The number of hydrogen-bond donors (Lipinski definition) is 0. The van der Waals surface area contributed by atoms with E-state index in [1.807, 2.05) is 48.8 Å². The summed E-state index contributed by atoms with van der Waals surface area (Å²) in [7, 11) is 0. The summed E-state index contributed by atoms with van der Waals surface area (Å²) >= 11 is 0. The number of imidazole rings is 1. The molecular weight excluding hydrogens is 210 g/mol. The van der Waals surface area contributed by atoms with Crippen molar-refractivity contribution in [2.24, 2.45) is 0 Å². The summed E-state index contributed by atoms with van der Waals surface area (Å²) in [4.78, 5) is 9.13. The number of hydrogen-bond acceptors (Lipinski definition) is 2. The van der Waals surface area contributed by atoms with Crippen molar-refractivity contribution in [3.63, 3.8) is 0 Å². The number of aromatic nitrogens is 3. The van der Waals surface area contributed by atoms with E-state index in [4.69, 9.17) is 0 Å². The van der Waals surface area contributed by atoms with Crippen molar-refractivity contribution in [1.29, 1.82) is 0 Å². The highest BCUT2D eigenvalue weighted by Gasteiger charge is 2.08. The molecule has 84 valence electrons. The maximum atomic E-state index is 4.60. The molecule has 0 spiro atoms. The third kappa shape index (κ3) is 1.69. The second-order valence-corrected chi connectivity index (χ2v) is 4.21. The molecule has 0 N–H and O–H groups in total. The van der Waals surface area contributed by atoms with Crippen LogP contribution in [0.5, 0.6) is 0 Å². The highest BCUT2D eigenvalue weighted by molar-refractivity contribution is 5.73. The van der Waals surface area contributed by atoms with Crippen LogP contribution in [-0.2, 0) is 0 Å². The van der Waals surface area contributed by atoms with E-state index in [-0.39, 0.29) is 0 Å². The molecule has 3 nitrogen and oxygen atoms in total. The largest absolute Gasteiger partial charge is 0.303 e. The number of rotatable bonds is 1. The van der Waals surface area contributed by atoms with E-state index in [9.17, 15) is 0 Å². The molecule has 3 heteroatoms. The van der Waals surface area contributed by atoms with Crippen LogP contribution in [0.25, 0.3) is 16.9 Å². The van der Waals surface area contributed by atoms with Gasteiger partial charge in [0.15, 0.2) is 5.65 Å². The zero-order valence-corrected chi connectivity index (χ0v) is 9.88. The Kier molecular flexibility index (Phi) is 2.18. The van der Waals surface area contributed by atoms with Crippen LogP contribution in [0.1, 0.15) is 11.4 Å². The van der Waals surface area contributed by atoms with Gasteiger partial charge in [-0.25, -0.2) is 9.97 Å². The molecule has 0 aliphatic heterocycles. The minimum atomic E-state index is 0.916. The van der Waals surface area contributed by atoms with Crippen molar-refractivity contribution in [3.05, 3.63) is 54.1 Å². The molecule has 0 atom stereocenters. The average molecular weight is 223 g/mol. The first-order valence-corrected chi connectivity index (χ1v) is 5.62. The molecular formula is C14H13N3. The first kappa shape index (κ1) is 10.0. The summed E-state index contributed by atoms with van der Waals surface area (Å²) in [5.41, 5.74) is 4.97. The first-order chi connectivity index (χ1) is 8.24.